The first-order chi connectivity index (χ1) is 13.5. The van der Waals surface area contributed by atoms with Crippen molar-refractivity contribution < 1.29 is 19.4 Å². The number of aryl methyl sites for hydroxylation is 2. The van der Waals surface area contributed by atoms with Gasteiger partial charge in [-0.15, -0.1) is 10.2 Å². The molecule has 8 heteroatoms. The Morgan fingerprint density at radius 2 is 1.93 bits per heavy atom. The molecule has 1 N–H and O–H groups in total. The van der Waals surface area contributed by atoms with E-state index in [1.807, 2.05) is 24.3 Å². The molecule has 2 heterocycles. The molecular weight excluding hydrogens is 360 g/mol. The van der Waals surface area contributed by atoms with E-state index in [2.05, 4.69) is 10.2 Å². The zero-order valence-corrected chi connectivity index (χ0v) is 16.3. The summed E-state index contributed by atoms with van der Waals surface area (Å²) < 4.78 is 6.93. The summed E-state index contributed by atoms with van der Waals surface area (Å²) in [6.45, 7) is 2.19. The number of rotatable bonds is 8. The van der Waals surface area contributed by atoms with Crippen LogP contribution in [0.4, 0.5) is 0 Å². The normalized spacial score (nSPS) is 15.9. The molecule has 0 bridgehead atoms. The lowest BCUT2D eigenvalue weighted by Gasteiger charge is -2.33. The minimum atomic E-state index is -0.994. The summed E-state index contributed by atoms with van der Waals surface area (Å²) in [5.41, 5.74) is 1.24. The van der Waals surface area contributed by atoms with Crippen LogP contribution in [0.2, 0.25) is 0 Å². The Morgan fingerprint density at radius 1 is 1.18 bits per heavy atom. The number of ether oxygens (including phenoxy) is 1. The van der Waals surface area contributed by atoms with E-state index in [1.54, 1.807) is 18.6 Å². The number of unbranched alkanes of at least 4 members (excludes halogenated alkanes) is 2. The van der Waals surface area contributed by atoms with E-state index in [9.17, 15) is 14.7 Å². The van der Waals surface area contributed by atoms with Gasteiger partial charge in [0.05, 0.1) is 20.2 Å². The topological polar surface area (TPSA) is 97.5 Å². The van der Waals surface area contributed by atoms with Crippen LogP contribution in [0.3, 0.4) is 0 Å². The van der Waals surface area contributed by atoms with E-state index in [0.717, 1.165) is 31.4 Å². The van der Waals surface area contributed by atoms with Crippen LogP contribution in [-0.2, 0) is 29.1 Å². The van der Waals surface area contributed by atoms with E-state index in [1.165, 1.54) is 10.5 Å². The molecule has 3 rings (SSSR count). The van der Waals surface area contributed by atoms with Crippen LogP contribution >= 0.6 is 0 Å². The standard InChI is InChI=1S/C20H26N4O4/c1-14-21-22-18-13-24(17(20(26)27)12-23(14)18)19(25)7-5-3-4-6-15-8-10-16(28-2)11-9-15/h8-11,17H,3-7,12-13H2,1-2H3,(H,26,27). The SMILES string of the molecule is COc1ccc(CCCCCC(=O)N2Cc3nnc(C)n3CC2C(=O)O)cc1. The van der Waals surface area contributed by atoms with Gasteiger partial charge in [-0.2, -0.15) is 0 Å². The molecule has 0 saturated carbocycles. The van der Waals surface area contributed by atoms with Gasteiger partial charge in [0.15, 0.2) is 5.82 Å². The van der Waals surface area contributed by atoms with Crippen molar-refractivity contribution in [2.75, 3.05) is 7.11 Å². The van der Waals surface area contributed by atoms with Crippen molar-refractivity contribution in [1.29, 1.82) is 0 Å². The molecule has 0 spiro atoms. The Bertz CT molecular complexity index is 831. The number of benzene rings is 1. The molecule has 1 aliphatic rings. The molecular formula is C20H26N4O4. The number of carbonyl (C=O) groups excluding carboxylic acids is 1. The average molecular weight is 386 g/mol. The van der Waals surface area contributed by atoms with E-state index >= 15 is 0 Å². The monoisotopic (exact) mass is 386 g/mol. The fourth-order valence-corrected chi connectivity index (χ4v) is 3.50. The summed E-state index contributed by atoms with van der Waals surface area (Å²) in [6.07, 6.45) is 3.93. The van der Waals surface area contributed by atoms with Gasteiger partial charge in [0, 0.05) is 6.42 Å². The molecule has 8 nitrogen and oxygen atoms in total. The summed E-state index contributed by atoms with van der Waals surface area (Å²) in [6, 6.07) is 7.12. The van der Waals surface area contributed by atoms with Crippen LogP contribution in [0.25, 0.3) is 0 Å². The number of aromatic nitrogens is 3. The first-order valence-electron chi connectivity index (χ1n) is 9.53. The molecule has 1 atom stereocenters. The Morgan fingerprint density at radius 3 is 2.61 bits per heavy atom. The van der Waals surface area contributed by atoms with E-state index in [-0.39, 0.29) is 19.0 Å². The predicted octanol–water partition coefficient (Wildman–Crippen LogP) is 2.19. The Balaban J connectivity index is 1.47. The molecule has 28 heavy (non-hydrogen) atoms. The van der Waals surface area contributed by atoms with Crippen molar-refractivity contribution in [2.24, 2.45) is 0 Å². The predicted molar refractivity (Wildman–Crippen MR) is 102 cm³/mol. The second kappa shape index (κ2) is 8.86. The molecule has 0 aliphatic carbocycles. The van der Waals surface area contributed by atoms with Crippen LogP contribution < -0.4 is 4.74 Å². The highest BCUT2D eigenvalue weighted by atomic mass is 16.5. The van der Waals surface area contributed by atoms with E-state index < -0.39 is 12.0 Å². The van der Waals surface area contributed by atoms with Crippen molar-refractivity contribution in [2.45, 2.75) is 58.2 Å². The summed E-state index contributed by atoms with van der Waals surface area (Å²) >= 11 is 0. The number of nitrogens with zero attached hydrogens (tertiary/aromatic N) is 4. The van der Waals surface area contributed by atoms with Gasteiger partial charge in [-0.3, -0.25) is 4.79 Å². The van der Waals surface area contributed by atoms with Gasteiger partial charge in [-0.05, 0) is 43.9 Å². The van der Waals surface area contributed by atoms with Crippen molar-refractivity contribution >= 4 is 11.9 Å². The maximum absolute atomic E-state index is 12.6. The zero-order valence-electron chi connectivity index (χ0n) is 16.3. The molecule has 150 valence electrons. The number of hydrogen-bond acceptors (Lipinski definition) is 5. The highest BCUT2D eigenvalue weighted by molar-refractivity contribution is 5.83. The number of methoxy groups -OCH3 is 1. The lowest BCUT2D eigenvalue weighted by Crippen LogP contribution is -2.50. The summed E-state index contributed by atoms with van der Waals surface area (Å²) in [4.78, 5) is 25.7. The first-order valence-corrected chi connectivity index (χ1v) is 9.53. The number of carbonyl (C=O) groups is 2. The summed E-state index contributed by atoms with van der Waals surface area (Å²) in [5, 5.41) is 17.6. The molecule has 0 fully saturated rings. The van der Waals surface area contributed by atoms with Crippen molar-refractivity contribution in [3.8, 4) is 5.75 Å². The van der Waals surface area contributed by atoms with Crippen molar-refractivity contribution in [1.82, 2.24) is 19.7 Å². The van der Waals surface area contributed by atoms with Crippen LogP contribution in [0, 0.1) is 6.92 Å². The van der Waals surface area contributed by atoms with Gasteiger partial charge < -0.3 is 19.3 Å². The third-order valence-electron chi connectivity index (χ3n) is 5.18. The fraction of sp³-hybridized carbons (Fsp3) is 0.500. The number of hydrogen-bond donors (Lipinski definition) is 1. The second-order valence-corrected chi connectivity index (χ2v) is 7.06. The maximum atomic E-state index is 12.6. The number of carboxylic acid groups (broad SMARTS) is 1. The van der Waals surface area contributed by atoms with Crippen LogP contribution in [-0.4, -0.2) is 49.8 Å². The molecule has 2 aromatic rings. The molecule has 0 radical (unpaired) electrons. The number of amides is 1. The van der Waals surface area contributed by atoms with Gasteiger partial charge >= 0.3 is 5.97 Å². The van der Waals surface area contributed by atoms with Crippen molar-refractivity contribution in [3.63, 3.8) is 0 Å². The minimum Gasteiger partial charge on any atom is -0.497 e. The largest absolute Gasteiger partial charge is 0.497 e. The van der Waals surface area contributed by atoms with Gasteiger partial charge in [-0.1, -0.05) is 18.6 Å². The third-order valence-corrected chi connectivity index (χ3v) is 5.18. The summed E-state index contributed by atoms with van der Waals surface area (Å²) in [7, 11) is 1.65. The maximum Gasteiger partial charge on any atom is 0.328 e. The smallest absolute Gasteiger partial charge is 0.328 e. The molecule has 1 aromatic carbocycles. The van der Waals surface area contributed by atoms with Gasteiger partial charge in [0.2, 0.25) is 5.91 Å². The number of aliphatic carboxylic acids is 1. The van der Waals surface area contributed by atoms with Crippen molar-refractivity contribution in [3.05, 3.63) is 41.5 Å². The van der Waals surface area contributed by atoms with E-state index in [4.69, 9.17) is 4.74 Å². The lowest BCUT2D eigenvalue weighted by molar-refractivity contribution is -0.152. The highest BCUT2D eigenvalue weighted by Crippen LogP contribution is 2.20. The van der Waals surface area contributed by atoms with Gasteiger partial charge in [0.1, 0.15) is 17.6 Å². The Kier molecular flexibility index (Phi) is 6.28. The third kappa shape index (κ3) is 4.49. The van der Waals surface area contributed by atoms with Crippen LogP contribution in [0.15, 0.2) is 24.3 Å². The Hall–Kier alpha value is -2.90. The molecule has 1 aromatic heterocycles. The average Bonchev–Trinajstić information content (AvgIpc) is 3.07. The quantitative estimate of drug-likeness (QED) is 0.699. The van der Waals surface area contributed by atoms with Gasteiger partial charge in [-0.25, -0.2) is 4.79 Å². The van der Waals surface area contributed by atoms with Crippen LogP contribution in [0.5, 0.6) is 5.75 Å². The minimum absolute atomic E-state index is 0.135. The molecule has 1 amide bonds. The van der Waals surface area contributed by atoms with Gasteiger partial charge in [0.25, 0.3) is 0 Å². The number of carboxylic acids is 1. The number of fused-ring (bicyclic) bond motifs is 1. The van der Waals surface area contributed by atoms with E-state index in [0.29, 0.717) is 18.1 Å². The second-order valence-electron chi connectivity index (χ2n) is 7.06. The molecule has 1 unspecified atom stereocenters. The first kappa shape index (κ1) is 19.9. The highest BCUT2D eigenvalue weighted by Gasteiger charge is 2.35. The summed E-state index contributed by atoms with van der Waals surface area (Å²) in [5.74, 6) is 1.03. The molecule has 1 aliphatic heterocycles. The lowest BCUT2D eigenvalue weighted by atomic mass is 10.1. The molecule has 0 saturated heterocycles. The Labute approximate surface area is 164 Å². The fourth-order valence-electron chi connectivity index (χ4n) is 3.50. The van der Waals surface area contributed by atoms with Crippen LogP contribution in [0.1, 0.15) is 42.9 Å². The zero-order chi connectivity index (χ0) is 20.1.